The minimum atomic E-state index is -4.70. The summed E-state index contributed by atoms with van der Waals surface area (Å²) >= 11 is 0. The van der Waals surface area contributed by atoms with E-state index in [1.54, 1.807) is 18.3 Å². The minimum absolute atomic E-state index is 0.250. The zero-order chi connectivity index (χ0) is 25.1. The fraction of sp³-hybridized carbons (Fsp3) is 0.393. The highest BCUT2D eigenvalue weighted by atomic mass is 19.4. The Bertz CT molecular complexity index is 1140. The van der Waals surface area contributed by atoms with Crippen molar-refractivity contribution < 1.29 is 22.6 Å². The molecule has 0 spiro atoms. The van der Waals surface area contributed by atoms with Gasteiger partial charge in [-0.1, -0.05) is 18.2 Å². The van der Waals surface area contributed by atoms with Crippen LogP contribution in [0.5, 0.6) is 11.5 Å². The monoisotopic (exact) mass is 497 g/mol. The fourth-order valence-electron chi connectivity index (χ4n) is 5.26. The van der Waals surface area contributed by atoms with Gasteiger partial charge in [-0.3, -0.25) is 4.98 Å². The van der Waals surface area contributed by atoms with Crippen LogP contribution in [0, 0.1) is 0 Å². The smallest absolute Gasteiger partial charge is 0.490 e. The lowest BCUT2D eigenvalue weighted by molar-refractivity contribution is -0.274. The predicted molar refractivity (Wildman–Crippen MR) is 132 cm³/mol. The third-order valence-corrected chi connectivity index (χ3v) is 7.12. The number of fused-ring (bicyclic) bond motifs is 2. The molecule has 1 N–H and O–H groups in total. The first kappa shape index (κ1) is 24.6. The number of hydrogen-bond donors (Lipinski definition) is 1. The van der Waals surface area contributed by atoms with E-state index in [9.17, 15) is 13.2 Å². The summed E-state index contributed by atoms with van der Waals surface area (Å²) in [6.45, 7) is 1.35. The van der Waals surface area contributed by atoms with Crippen molar-refractivity contribution in [2.24, 2.45) is 0 Å². The zero-order valence-electron chi connectivity index (χ0n) is 20.2. The van der Waals surface area contributed by atoms with E-state index in [2.05, 4.69) is 39.1 Å². The van der Waals surface area contributed by atoms with Crippen molar-refractivity contribution in [3.63, 3.8) is 0 Å². The van der Waals surface area contributed by atoms with E-state index < -0.39 is 6.36 Å². The van der Waals surface area contributed by atoms with Gasteiger partial charge in [0.05, 0.1) is 5.69 Å². The number of hydrogen-bond acceptors (Lipinski definition) is 5. The van der Waals surface area contributed by atoms with Gasteiger partial charge in [0.25, 0.3) is 0 Å². The average Bonchev–Trinajstić information content (AvgIpc) is 3.05. The summed E-state index contributed by atoms with van der Waals surface area (Å²) in [5.74, 6) is 0.681. The van der Waals surface area contributed by atoms with Gasteiger partial charge in [0.2, 0.25) is 0 Å². The van der Waals surface area contributed by atoms with Crippen LogP contribution < -0.4 is 14.8 Å². The SMILES string of the molecule is CN1[C@@H]2CC[C@H]1C[C@@H](Oc1cccc(CNCc3ccc(-c4ccc(OC(F)(F)F)cc4)nc3)c1)C2. The number of benzene rings is 2. The Morgan fingerprint density at radius 1 is 0.917 bits per heavy atom. The number of nitrogens with zero attached hydrogens (tertiary/aromatic N) is 2. The van der Waals surface area contributed by atoms with Crippen LogP contribution in [0.25, 0.3) is 11.3 Å². The van der Waals surface area contributed by atoms with Crippen LogP contribution in [0.15, 0.2) is 66.9 Å². The number of ether oxygens (including phenoxy) is 2. The Kier molecular flexibility index (Phi) is 7.16. The van der Waals surface area contributed by atoms with Gasteiger partial charge >= 0.3 is 6.36 Å². The van der Waals surface area contributed by atoms with E-state index in [4.69, 9.17) is 4.74 Å². The second kappa shape index (κ2) is 10.5. The third kappa shape index (κ3) is 6.17. The molecule has 0 aliphatic carbocycles. The average molecular weight is 498 g/mol. The maximum absolute atomic E-state index is 12.3. The van der Waals surface area contributed by atoms with E-state index in [0.717, 1.165) is 35.3 Å². The largest absolute Gasteiger partial charge is 0.573 e. The first-order chi connectivity index (χ1) is 17.3. The van der Waals surface area contributed by atoms with Gasteiger partial charge in [-0.15, -0.1) is 13.2 Å². The quantitative estimate of drug-likeness (QED) is 0.417. The Morgan fingerprint density at radius 2 is 1.64 bits per heavy atom. The molecule has 3 heterocycles. The summed E-state index contributed by atoms with van der Waals surface area (Å²) in [5, 5.41) is 3.44. The molecule has 3 atom stereocenters. The molecule has 0 radical (unpaired) electrons. The highest BCUT2D eigenvalue weighted by molar-refractivity contribution is 5.60. The first-order valence-corrected chi connectivity index (χ1v) is 12.3. The van der Waals surface area contributed by atoms with Gasteiger partial charge in [0, 0.05) is 36.9 Å². The molecule has 2 bridgehead atoms. The van der Waals surface area contributed by atoms with Gasteiger partial charge in [-0.2, -0.15) is 0 Å². The highest BCUT2D eigenvalue weighted by Crippen LogP contribution is 2.36. The molecule has 190 valence electrons. The molecule has 2 fully saturated rings. The molecule has 2 aliphatic heterocycles. The molecule has 2 aromatic carbocycles. The van der Waals surface area contributed by atoms with Crippen LogP contribution in [0.4, 0.5) is 13.2 Å². The van der Waals surface area contributed by atoms with Crippen LogP contribution in [0.3, 0.4) is 0 Å². The topological polar surface area (TPSA) is 46.6 Å². The number of pyridine rings is 1. The zero-order valence-corrected chi connectivity index (χ0v) is 20.2. The summed E-state index contributed by atoms with van der Waals surface area (Å²) < 4.78 is 47.2. The second-order valence-corrected chi connectivity index (χ2v) is 9.64. The molecule has 36 heavy (non-hydrogen) atoms. The minimum Gasteiger partial charge on any atom is -0.490 e. The Balaban J connectivity index is 1.11. The van der Waals surface area contributed by atoms with Gasteiger partial charge in [-0.25, -0.2) is 0 Å². The standard InChI is InChI=1S/C28H30F3N3O2/c1-34-22-8-9-23(34)15-26(14-22)35-25-4-2-3-19(13-25)16-32-17-20-5-12-27(33-18-20)21-6-10-24(11-7-21)36-28(29,30)31/h2-7,10-13,18,22-23,26,32H,8-9,14-17H2,1H3/t22-,23+,26+. The number of rotatable bonds is 8. The molecule has 1 aromatic heterocycles. The van der Waals surface area contributed by atoms with Crippen molar-refractivity contribution in [1.29, 1.82) is 0 Å². The number of halogens is 3. The van der Waals surface area contributed by atoms with E-state index >= 15 is 0 Å². The van der Waals surface area contributed by atoms with Crippen LogP contribution in [0.2, 0.25) is 0 Å². The Hall–Kier alpha value is -3.10. The third-order valence-electron chi connectivity index (χ3n) is 7.12. The van der Waals surface area contributed by atoms with Gasteiger partial charge in [-0.05, 0) is 86.3 Å². The van der Waals surface area contributed by atoms with Crippen molar-refractivity contribution in [2.45, 2.75) is 63.3 Å². The van der Waals surface area contributed by atoms with Gasteiger partial charge in [0.15, 0.2) is 0 Å². The predicted octanol–water partition coefficient (Wildman–Crippen LogP) is 5.94. The van der Waals surface area contributed by atoms with E-state index in [-0.39, 0.29) is 5.75 Å². The van der Waals surface area contributed by atoms with E-state index in [1.807, 2.05) is 24.3 Å². The summed E-state index contributed by atoms with van der Waals surface area (Å²) in [4.78, 5) is 6.97. The van der Waals surface area contributed by atoms with E-state index in [1.165, 1.54) is 25.0 Å². The normalized spacial score (nSPS) is 21.9. The van der Waals surface area contributed by atoms with Crippen molar-refractivity contribution in [2.75, 3.05) is 7.05 Å². The lowest BCUT2D eigenvalue weighted by atomic mass is 10.0. The number of nitrogens with one attached hydrogen (secondary N) is 1. The Morgan fingerprint density at radius 3 is 2.31 bits per heavy atom. The molecule has 2 aliphatic rings. The lowest BCUT2D eigenvalue weighted by Crippen LogP contribution is -2.43. The van der Waals surface area contributed by atoms with Crippen LogP contribution in [-0.2, 0) is 13.1 Å². The molecule has 8 heteroatoms. The van der Waals surface area contributed by atoms with Crippen molar-refractivity contribution in [1.82, 2.24) is 15.2 Å². The van der Waals surface area contributed by atoms with Crippen LogP contribution >= 0.6 is 0 Å². The second-order valence-electron chi connectivity index (χ2n) is 9.64. The van der Waals surface area contributed by atoms with Crippen molar-refractivity contribution in [3.8, 4) is 22.8 Å². The molecule has 2 saturated heterocycles. The van der Waals surface area contributed by atoms with Gasteiger partial charge < -0.3 is 19.7 Å². The lowest BCUT2D eigenvalue weighted by Gasteiger charge is -2.36. The van der Waals surface area contributed by atoms with Crippen molar-refractivity contribution in [3.05, 3.63) is 78.0 Å². The maximum atomic E-state index is 12.3. The molecule has 0 amide bonds. The molecule has 0 unspecified atom stereocenters. The number of piperidine rings is 1. The van der Waals surface area contributed by atoms with E-state index in [0.29, 0.717) is 37.0 Å². The van der Waals surface area contributed by atoms with Crippen LogP contribution in [0.1, 0.15) is 36.8 Å². The number of alkyl halides is 3. The van der Waals surface area contributed by atoms with Crippen LogP contribution in [-0.4, -0.2) is 41.5 Å². The summed E-state index contributed by atoms with van der Waals surface area (Å²) in [5.41, 5.74) is 3.59. The fourth-order valence-corrected chi connectivity index (χ4v) is 5.26. The molecular formula is C28H30F3N3O2. The molecule has 0 saturated carbocycles. The number of aromatic nitrogens is 1. The Labute approximate surface area is 209 Å². The summed E-state index contributed by atoms with van der Waals surface area (Å²) in [7, 11) is 2.24. The van der Waals surface area contributed by atoms with Gasteiger partial charge in [0.1, 0.15) is 17.6 Å². The van der Waals surface area contributed by atoms with Crippen molar-refractivity contribution >= 4 is 0 Å². The molecular weight excluding hydrogens is 467 g/mol. The summed E-state index contributed by atoms with van der Waals surface area (Å²) in [6, 6.07) is 19.1. The first-order valence-electron chi connectivity index (χ1n) is 12.3. The maximum Gasteiger partial charge on any atom is 0.573 e. The molecule has 5 rings (SSSR count). The highest BCUT2D eigenvalue weighted by Gasteiger charge is 2.39. The summed E-state index contributed by atoms with van der Waals surface area (Å²) in [6.07, 6.45) is 2.13. The molecule has 3 aromatic rings. The molecule has 5 nitrogen and oxygen atoms in total.